The lowest BCUT2D eigenvalue weighted by molar-refractivity contribution is 0.112. The Kier molecular flexibility index (Phi) is 8.68. The number of carbonyl (C=O) groups excluding carboxylic acids is 1. The molecule has 6 nitrogen and oxygen atoms in total. The number of nitrogens with one attached hydrogen (secondary N) is 1. The Hall–Kier alpha value is -1.89. The molecule has 0 unspecified atom stereocenters. The van der Waals surface area contributed by atoms with Gasteiger partial charge in [-0.2, -0.15) is 0 Å². The molecule has 0 radical (unpaired) electrons. The summed E-state index contributed by atoms with van der Waals surface area (Å²) in [5.74, 6) is 0.394. The second-order valence-corrected chi connectivity index (χ2v) is 8.69. The number of urea groups is 1. The Morgan fingerprint density at radius 1 is 1.38 bits per heavy atom. The van der Waals surface area contributed by atoms with Gasteiger partial charge in [-0.3, -0.25) is 4.99 Å². The van der Waals surface area contributed by atoms with E-state index in [0.29, 0.717) is 19.0 Å². The van der Waals surface area contributed by atoms with Crippen LogP contribution in [0.4, 0.5) is 9.18 Å². The average Bonchev–Trinajstić information content (AvgIpc) is 3.04. The van der Waals surface area contributed by atoms with Crippen LogP contribution in [0.2, 0.25) is 0 Å². The zero-order chi connectivity index (χ0) is 21.4. The van der Waals surface area contributed by atoms with Crippen molar-refractivity contribution >= 4 is 12.4 Å². The molecular formula is C22H38FN5O. The van der Waals surface area contributed by atoms with Gasteiger partial charge in [0.1, 0.15) is 5.83 Å². The molecule has 2 aliphatic rings. The van der Waals surface area contributed by atoms with E-state index in [2.05, 4.69) is 22.1 Å². The number of halogens is 1. The van der Waals surface area contributed by atoms with Crippen molar-refractivity contribution in [2.45, 2.75) is 33.1 Å². The lowest BCUT2D eigenvalue weighted by Gasteiger charge is -2.41. The number of aliphatic imine (C=N–C) groups is 1. The number of piperidine rings is 1. The van der Waals surface area contributed by atoms with Gasteiger partial charge in [-0.15, -0.1) is 0 Å². The molecule has 2 rings (SSSR count). The van der Waals surface area contributed by atoms with Gasteiger partial charge in [0.05, 0.1) is 6.34 Å². The van der Waals surface area contributed by atoms with Crippen LogP contribution in [0.1, 0.15) is 33.1 Å². The lowest BCUT2D eigenvalue weighted by atomic mass is 9.74. The number of amides is 2. The van der Waals surface area contributed by atoms with Crippen molar-refractivity contribution < 1.29 is 9.18 Å². The summed E-state index contributed by atoms with van der Waals surface area (Å²) < 4.78 is 14.1. The van der Waals surface area contributed by atoms with Crippen LogP contribution >= 0.6 is 0 Å². The monoisotopic (exact) mass is 407 g/mol. The molecule has 2 aliphatic heterocycles. The molecule has 0 aromatic rings. The zero-order valence-corrected chi connectivity index (χ0v) is 18.7. The maximum Gasteiger partial charge on any atom is 0.319 e. The summed E-state index contributed by atoms with van der Waals surface area (Å²) in [6, 6.07) is 0.00725. The maximum absolute atomic E-state index is 14.1. The van der Waals surface area contributed by atoms with Gasteiger partial charge in [-0.25, -0.2) is 9.18 Å². The van der Waals surface area contributed by atoms with Gasteiger partial charge in [0.2, 0.25) is 0 Å². The summed E-state index contributed by atoms with van der Waals surface area (Å²) in [6.07, 6.45) is 7.96. The molecule has 164 valence electrons. The molecule has 0 aromatic carbocycles. The highest BCUT2D eigenvalue weighted by Gasteiger charge is 2.46. The Morgan fingerprint density at radius 3 is 2.66 bits per heavy atom. The number of hydrogen-bond acceptors (Lipinski definition) is 3. The van der Waals surface area contributed by atoms with E-state index in [1.54, 1.807) is 45.4 Å². The van der Waals surface area contributed by atoms with Crippen LogP contribution < -0.4 is 5.32 Å². The van der Waals surface area contributed by atoms with E-state index in [9.17, 15) is 9.18 Å². The fourth-order valence-electron chi connectivity index (χ4n) is 4.42. The largest absolute Gasteiger partial charge is 0.376 e. The number of carbonyl (C=O) groups is 1. The van der Waals surface area contributed by atoms with Gasteiger partial charge in [-0.1, -0.05) is 13.0 Å². The third kappa shape index (κ3) is 6.29. The first-order chi connectivity index (χ1) is 13.8. The predicted molar refractivity (Wildman–Crippen MR) is 118 cm³/mol. The van der Waals surface area contributed by atoms with Crippen LogP contribution in [0.15, 0.2) is 28.5 Å². The molecule has 0 bridgehead atoms. The van der Waals surface area contributed by atoms with Crippen molar-refractivity contribution in [3.8, 4) is 0 Å². The Labute approximate surface area is 175 Å². The first-order valence-corrected chi connectivity index (χ1v) is 10.7. The highest BCUT2D eigenvalue weighted by atomic mass is 19.1. The lowest BCUT2D eigenvalue weighted by Crippen LogP contribution is -2.45. The van der Waals surface area contributed by atoms with Crippen LogP contribution in [0, 0.1) is 11.3 Å². The van der Waals surface area contributed by atoms with Gasteiger partial charge in [0.15, 0.2) is 0 Å². The van der Waals surface area contributed by atoms with Crippen molar-refractivity contribution in [2.24, 2.45) is 16.3 Å². The Balaban J connectivity index is 1.99. The van der Waals surface area contributed by atoms with Crippen LogP contribution in [0.5, 0.6) is 0 Å². The minimum atomic E-state index is -0.210. The fourth-order valence-corrected chi connectivity index (χ4v) is 4.42. The average molecular weight is 408 g/mol. The molecule has 1 N–H and O–H groups in total. The molecule has 1 atom stereocenters. The second-order valence-electron chi connectivity index (χ2n) is 8.69. The van der Waals surface area contributed by atoms with Crippen molar-refractivity contribution in [3.63, 3.8) is 0 Å². The molecule has 0 aromatic heterocycles. The molecule has 1 spiro atoms. The first kappa shape index (κ1) is 23.4. The van der Waals surface area contributed by atoms with Crippen molar-refractivity contribution in [1.29, 1.82) is 0 Å². The molecule has 2 heterocycles. The van der Waals surface area contributed by atoms with Gasteiger partial charge >= 0.3 is 6.03 Å². The number of likely N-dealkylation sites (tertiary alicyclic amines) is 2. The van der Waals surface area contributed by atoms with E-state index in [-0.39, 0.29) is 17.3 Å². The van der Waals surface area contributed by atoms with Crippen molar-refractivity contribution in [3.05, 3.63) is 23.6 Å². The molecule has 29 heavy (non-hydrogen) atoms. The molecule has 2 amide bonds. The minimum Gasteiger partial charge on any atom is -0.376 e. The molecule has 2 fully saturated rings. The molecule has 0 aliphatic carbocycles. The summed E-state index contributed by atoms with van der Waals surface area (Å²) >= 11 is 0. The van der Waals surface area contributed by atoms with Gasteiger partial charge in [-0.05, 0) is 56.8 Å². The first-order valence-electron chi connectivity index (χ1n) is 10.7. The molecule has 7 heteroatoms. The summed E-state index contributed by atoms with van der Waals surface area (Å²) in [7, 11) is 5.31. The minimum absolute atomic E-state index is 0.00725. The van der Waals surface area contributed by atoms with E-state index >= 15 is 0 Å². The summed E-state index contributed by atoms with van der Waals surface area (Å²) in [5.41, 5.74) is 0.976. The van der Waals surface area contributed by atoms with Gasteiger partial charge in [0.25, 0.3) is 0 Å². The van der Waals surface area contributed by atoms with Crippen molar-refractivity contribution in [2.75, 3.05) is 60.4 Å². The highest BCUT2D eigenvalue weighted by molar-refractivity contribution is 5.75. The smallest absolute Gasteiger partial charge is 0.319 e. The van der Waals surface area contributed by atoms with E-state index in [1.165, 1.54) is 6.08 Å². The van der Waals surface area contributed by atoms with Crippen LogP contribution in [0.25, 0.3) is 0 Å². The van der Waals surface area contributed by atoms with Crippen LogP contribution in [0.3, 0.4) is 0 Å². The fraction of sp³-hybridized carbons (Fsp3) is 0.727. The highest BCUT2D eigenvalue weighted by Crippen LogP contribution is 2.45. The Bertz CT molecular complexity index is 635. The molecule has 0 saturated carbocycles. The SMILES string of the molecule is C/C=C(F)\C=C1/CN(C(=O)N(C)C)CC12CCN(C[C@@H](C)CCNC=NC)CC2. The molecular weight excluding hydrogens is 369 g/mol. The van der Waals surface area contributed by atoms with Gasteiger partial charge in [0, 0.05) is 52.7 Å². The summed E-state index contributed by atoms with van der Waals surface area (Å²) in [6.45, 7) is 9.21. The van der Waals surface area contributed by atoms with Crippen LogP contribution in [-0.4, -0.2) is 87.5 Å². The Morgan fingerprint density at radius 2 is 2.07 bits per heavy atom. The van der Waals surface area contributed by atoms with Gasteiger partial charge < -0.3 is 20.0 Å². The van der Waals surface area contributed by atoms with E-state index < -0.39 is 0 Å². The van der Waals surface area contributed by atoms with Crippen LogP contribution in [-0.2, 0) is 0 Å². The van der Waals surface area contributed by atoms with E-state index in [4.69, 9.17) is 0 Å². The third-order valence-corrected chi connectivity index (χ3v) is 6.16. The maximum atomic E-state index is 14.1. The summed E-state index contributed by atoms with van der Waals surface area (Å²) in [5, 5.41) is 3.20. The predicted octanol–water partition coefficient (Wildman–Crippen LogP) is 3.14. The second kappa shape index (κ2) is 10.8. The standard InChI is InChI=1S/C22H38FN5O/c1-6-20(23)13-19-15-28(21(29)26(4)5)16-22(19)8-11-27(12-9-22)14-18(2)7-10-25-17-24-3/h6,13,17-18H,7-12,14-16H2,1-5H3,(H,24,25)/b19-13+,20-6+/t18-/m0/s1. The quantitative estimate of drug-likeness (QED) is 0.401. The summed E-state index contributed by atoms with van der Waals surface area (Å²) in [4.78, 5) is 22.5. The van der Waals surface area contributed by atoms with E-state index in [0.717, 1.165) is 51.0 Å². The zero-order valence-electron chi connectivity index (χ0n) is 18.7. The normalized spacial score (nSPS) is 22.6. The third-order valence-electron chi connectivity index (χ3n) is 6.16. The topological polar surface area (TPSA) is 51.2 Å². The number of nitrogens with zero attached hydrogens (tertiary/aromatic N) is 4. The van der Waals surface area contributed by atoms with E-state index in [1.807, 2.05) is 4.90 Å². The van der Waals surface area contributed by atoms with Crippen molar-refractivity contribution in [1.82, 2.24) is 20.0 Å². The number of hydrogen-bond donors (Lipinski definition) is 1. The number of rotatable bonds is 7. The number of allylic oxidation sites excluding steroid dienone is 3. The molecule has 2 saturated heterocycles.